The molecule has 24 nitrogen and oxygen atoms in total. The molecule has 10 N–H and O–H groups in total. The second kappa shape index (κ2) is 31.4. The zero-order chi connectivity index (χ0) is 53.9. The molecule has 5 aliphatic rings. The van der Waals surface area contributed by atoms with Gasteiger partial charge in [0.25, 0.3) is 11.8 Å². The molecule has 3 aliphatic heterocycles. The molecule has 4 amide bonds. The number of hydrogen-bond donors (Lipinski definition) is 10. The molecule has 2 saturated carbocycles. The largest absolute Gasteiger partial charge is 0.394 e. The van der Waals surface area contributed by atoms with Crippen LogP contribution in [0.4, 0.5) is 0 Å². The highest BCUT2D eigenvalue weighted by Gasteiger charge is 2.53. The quantitative estimate of drug-likeness (QED) is 0.0346. The van der Waals surface area contributed by atoms with Gasteiger partial charge < -0.3 is 94.5 Å². The number of methoxy groups -OCH3 is 1. The number of ketones is 1. The lowest BCUT2D eigenvalue weighted by molar-refractivity contribution is -0.338. The van der Waals surface area contributed by atoms with Crippen LogP contribution in [-0.2, 0) is 61.9 Å². The topological polar surface area (TPSA) is 340 Å². The molecule has 24 heteroatoms. The van der Waals surface area contributed by atoms with E-state index >= 15 is 0 Å². The number of rotatable bonds is 30. The molecule has 0 spiro atoms. The molecule has 0 bridgehead atoms. The molecule has 0 radical (unpaired) electrons. The van der Waals surface area contributed by atoms with E-state index in [0.29, 0.717) is 38.8 Å². The van der Waals surface area contributed by atoms with E-state index in [4.69, 9.17) is 43.0 Å². The van der Waals surface area contributed by atoms with Crippen LogP contribution >= 0.6 is 0 Å². The lowest BCUT2D eigenvalue weighted by Gasteiger charge is -2.49. The van der Waals surface area contributed by atoms with Gasteiger partial charge in [0.2, 0.25) is 11.8 Å². The number of Topliss-reactive ketones (excluding diaryl/α,β-unsaturated/α-hetero) is 1. The highest BCUT2D eigenvalue weighted by atomic mass is 16.7. The van der Waals surface area contributed by atoms with Gasteiger partial charge in [-0.05, 0) is 50.9 Å². The number of nitrogens with one attached hydrogen (secondary N) is 3. The van der Waals surface area contributed by atoms with Crippen LogP contribution in [0.1, 0.15) is 104 Å². The Morgan fingerprint density at radius 1 is 0.784 bits per heavy atom. The van der Waals surface area contributed by atoms with Crippen LogP contribution in [0.25, 0.3) is 0 Å². The Morgan fingerprint density at radius 2 is 1.50 bits per heavy atom. The first-order chi connectivity index (χ1) is 35.5. The number of nitrogens with zero attached hydrogens (tertiary/aromatic N) is 1. The summed E-state index contributed by atoms with van der Waals surface area (Å²) >= 11 is 0. The first kappa shape index (κ1) is 61.8. The van der Waals surface area contributed by atoms with Gasteiger partial charge in [-0.3, -0.25) is 24.0 Å². The maximum atomic E-state index is 14.1. The Morgan fingerprint density at radius 3 is 2.14 bits per heavy atom. The average Bonchev–Trinajstić information content (AvgIpc) is 3.37. The number of carbonyl (C=O) groups excluding carboxylic acids is 5. The molecule has 426 valence electrons. The van der Waals surface area contributed by atoms with Crippen molar-refractivity contribution in [2.45, 2.75) is 196 Å². The van der Waals surface area contributed by atoms with Crippen molar-refractivity contribution in [1.29, 1.82) is 0 Å². The summed E-state index contributed by atoms with van der Waals surface area (Å²) < 4.78 is 47.8. The van der Waals surface area contributed by atoms with Gasteiger partial charge in [0.15, 0.2) is 18.7 Å². The number of aliphatic hydroxyl groups excluding tert-OH is 7. The summed E-state index contributed by atoms with van der Waals surface area (Å²) in [5.74, 6) is -2.64. The van der Waals surface area contributed by atoms with Gasteiger partial charge in [-0.1, -0.05) is 45.4 Å². The smallest absolute Gasteiger partial charge is 0.251 e. The Kier molecular flexibility index (Phi) is 26.2. The van der Waals surface area contributed by atoms with Gasteiger partial charge in [0.1, 0.15) is 60.7 Å². The zero-order valence-electron chi connectivity index (χ0n) is 43.5. The van der Waals surface area contributed by atoms with E-state index in [9.17, 15) is 54.6 Å². The second-order valence-electron chi connectivity index (χ2n) is 20.3. The first-order valence-electron chi connectivity index (χ1n) is 26.7. The number of ether oxygens (including phenoxy) is 8. The summed E-state index contributed by atoms with van der Waals surface area (Å²) in [7, 11) is 1.27. The third kappa shape index (κ3) is 17.7. The normalized spacial score (nSPS) is 32.9. The molecule has 0 aromatic rings. The lowest BCUT2D eigenvalue weighted by Crippen LogP contribution is -2.67. The third-order valence-corrected chi connectivity index (χ3v) is 15.0. The van der Waals surface area contributed by atoms with Crippen molar-refractivity contribution in [3.05, 3.63) is 0 Å². The Balaban J connectivity index is 1.22. The van der Waals surface area contributed by atoms with Crippen LogP contribution in [0.2, 0.25) is 0 Å². The lowest BCUT2D eigenvalue weighted by atomic mass is 9.74. The Labute approximate surface area is 433 Å². The molecule has 74 heavy (non-hydrogen) atoms. The summed E-state index contributed by atoms with van der Waals surface area (Å²) in [5, 5.41) is 81.7. The molecule has 0 aromatic carbocycles. The SMILES string of the molecule is CCC1CC(C(=O)CCCNC(=O)CCOCCOCCNC(=O)[C@@H](O)[C@@H](CO)OC)C[C@@H](O[C@@H]2O[C@@H](CO)[C@H](O)C(O[C@@H](CC3CCCCC3)C(=O)N3CCC3)C2NC(C)=O)[C@@H]1O[C@@H]1OC(C)[C@@H](O)[C@H](O)C1O. The van der Waals surface area contributed by atoms with Crippen molar-refractivity contribution in [1.82, 2.24) is 20.9 Å². The standard InChI is InChI=1S/C50H86N4O20/c1-5-31-24-32(33(58)13-9-15-51-38(59)14-19-68-21-22-69-20-16-52-47(65)42(62)36(26-55)67-4)25-34(45(31)74-50-44(64)43(63)40(60)28(2)70-50)72-49-39(53-29(3)57)46(41(61)37(27-56)73-49)71-35(48(66)54-17-10-18-54)23-30-11-7-6-8-12-30/h28,30-32,34-37,39-46,49-50,55-56,60-64H,5-27H2,1-4H3,(H,51,59)(H,52,65)(H,53,57)/t28?,31?,32?,34-,35+,36-,37+,39?,40-,41+,42+,43+,44?,45-,46?,49-,50+/m1/s1. The molecule has 6 unspecified atom stereocenters. The number of aliphatic hydroxyl groups is 7. The molecule has 5 fully saturated rings. The van der Waals surface area contributed by atoms with E-state index in [1.807, 2.05) is 6.92 Å². The van der Waals surface area contributed by atoms with Crippen molar-refractivity contribution in [3.8, 4) is 0 Å². The van der Waals surface area contributed by atoms with E-state index in [-0.39, 0.29) is 82.3 Å². The van der Waals surface area contributed by atoms with Crippen molar-refractivity contribution in [2.24, 2.45) is 17.8 Å². The molecule has 2 aliphatic carbocycles. The van der Waals surface area contributed by atoms with Crippen molar-refractivity contribution >= 4 is 29.4 Å². The first-order valence-corrected chi connectivity index (χ1v) is 26.7. The minimum Gasteiger partial charge on any atom is -0.394 e. The van der Waals surface area contributed by atoms with Gasteiger partial charge in [0, 0.05) is 59.0 Å². The van der Waals surface area contributed by atoms with Crippen molar-refractivity contribution < 1.29 is 97.6 Å². The van der Waals surface area contributed by atoms with Gasteiger partial charge >= 0.3 is 0 Å². The maximum absolute atomic E-state index is 14.1. The summed E-state index contributed by atoms with van der Waals surface area (Å²) in [6.07, 6.45) is -10.4. The average molecular weight is 1060 g/mol. The third-order valence-electron chi connectivity index (χ3n) is 15.0. The van der Waals surface area contributed by atoms with Crippen LogP contribution in [0.15, 0.2) is 0 Å². The van der Waals surface area contributed by atoms with E-state index in [0.717, 1.165) is 38.5 Å². The van der Waals surface area contributed by atoms with Gasteiger partial charge in [-0.25, -0.2) is 0 Å². The minimum atomic E-state index is -1.66. The summed E-state index contributed by atoms with van der Waals surface area (Å²) in [4.78, 5) is 67.3. The van der Waals surface area contributed by atoms with Crippen LogP contribution in [0, 0.1) is 17.8 Å². The van der Waals surface area contributed by atoms with Gasteiger partial charge in [0.05, 0.1) is 58.0 Å². The van der Waals surface area contributed by atoms with Crippen LogP contribution in [0.3, 0.4) is 0 Å². The highest BCUT2D eigenvalue weighted by molar-refractivity contribution is 5.82. The molecule has 0 aromatic heterocycles. The Bertz CT molecular complexity index is 1720. The minimum absolute atomic E-state index is 0.0520. The molecule has 3 saturated heterocycles. The number of likely N-dealkylation sites (tertiary alicyclic amines) is 1. The predicted octanol–water partition coefficient (Wildman–Crippen LogP) is -2.07. The highest BCUT2D eigenvalue weighted by Crippen LogP contribution is 2.41. The molecule has 3 heterocycles. The molecule has 5 rings (SSSR count). The van der Waals surface area contributed by atoms with E-state index in [1.54, 1.807) is 4.90 Å². The molecule has 17 atom stereocenters. The van der Waals surface area contributed by atoms with Crippen molar-refractivity contribution in [3.63, 3.8) is 0 Å². The fraction of sp³-hybridized carbons (Fsp3) is 0.900. The number of carbonyl (C=O) groups is 5. The zero-order valence-corrected chi connectivity index (χ0v) is 43.5. The van der Waals surface area contributed by atoms with Crippen LogP contribution in [-0.4, -0.2) is 235 Å². The van der Waals surface area contributed by atoms with Crippen LogP contribution < -0.4 is 16.0 Å². The van der Waals surface area contributed by atoms with E-state index < -0.39 is 129 Å². The monoisotopic (exact) mass is 1060 g/mol. The predicted molar refractivity (Wildman–Crippen MR) is 259 cm³/mol. The number of amides is 4. The fourth-order valence-electron chi connectivity index (χ4n) is 10.5. The second-order valence-corrected chi connectivity index (χ2v) is 20.3. The summed E-state index contributed by atoms with van der Waals surface area (Å²) in [6, 6.07) is -1.23. The fourth-order valence-corrected chi connectivity index (χ4v) is 10.5. The van der Waals surface area contributed by atoms with E-state index in [1.165, 1.54) is 21.0 Å². The maximum Gasteiger partial charge on any atom is 0.251 e. The van der Waals surface area contributed by atoms with Crippen LogP contribution in [0.5, 0.6) is 0 Å². The van der Waals surface area contributed by atoms with E-state index in [2.05, 4.69) is 16.0 Å². The Hall–Kier alpha value is -3.05. The van der Waals surface area contributed by atoms with Gasteiger partial charge in [-0.2, -0.15) is 0 Å². The van der Waals surface area contributed by atoms with Gasteiger partial charge in [-0.15, -0.1) is 0 Å². The number of hydrogen-bond acceptors (Lipinski definition) is 20. The molecular formula is C50H86N4O20. The molecular weight excluding hydrogens is 977 g/mol. The van der Waals surface area contributed by atoms with Crippen molar-refractivity contribution in [2.75, 3.05) is 72.9 Å². The summed E-state index contributed by atoms with van der Waals surface area (Å²) in [6.45, 7) is 5.59. The summed E-state index contributed by atoms with van der Waals surface area (Å²) in [5.41, 5.74) is 0.